The first kappa shape index (κ1) is 8.18. The molecule has 0 aromatic heterocycles. The Kier molecular flexibility index (Phi) is 2.40. The van der Waals surface area contributed by atoms with Crippen LogP contribution in [0.2, 0.25) is 0 Å². The fraction of sp³-hybridized carbons (Fsp3) is 0.600. The van der Waals surface area contributed by atoms with E-state index >= 15 is 0 Å². The molecule has 1 aromatic rings. The first-order valence-corrected chi connectivity index (χ1v) is 6.09. The van der Waals surface area contributed by atoms with Crippen molar-refractivity contribution in [3.05, 3.63) is 29.8 Å². The second-order valence-electron chi connectivity index (χ2n) is 4.78. The van der Waals surface area contributed by atoms with Crippen LogP contribution >= 0.6 is 0 Å². The minimum absolute atomic E-state index is 0.00382. The van der Waals surface area contributed by atoms with Gasteiger partial charge >= 0.3 is 0 Å². The Balaban J connectivity index is 2.75. The molecule has 3 nitrogen and oxygen atoms in total. The first-order chi connectivity index (χ1) is 10.4. The summed E-state index contributed by atoms with van der Waals surface area (Å²) < 4.78 is 42.0. The second kappa shape index (κ2) is 5.29. The van der Waals surface area contributed by atoms with E-state index in [0.717, 1.165) is 0 Å². The Hall–Kier alpha value is -1.06. The third-order valence-corrected chi connectivity index (χ3v) is 3.04. The molecule has 0 aliphatic heterocycles. The third kappa shape index (κ3) is 2.68. The molecule has 100 valence electrons. The molecule has 1 aromatic carbocycles. The molecule has 2 rings (SSSR count). The Morgan fingerprint density at radius 1 is 1.56 bits per heavy atom. The molecule has 0 heterocycles. The highest BCUT2D eigenvalue weighted by Gasteiger charge is 2.40. The summed E-state index contributed by atoms with van der Waals surface area (Å²) in [5, 5.41) is 21.1. The number of hydrogen-bond acceptors (Lipinski definition) is 3. The van der Waals surface area contributed by atoms with E-state index in [-0.39, 0.29) is 24.2 Å². The Morgan fingerprint density at radius 2 is 2.33 bits per heavy atom. The van der Waals surface area contributed by atoms with E-state index in [1.807, 2.05) is 0 Å². The topological polar surface area (TPSA) is 43.7 Å². The number of rotatable bonds is 3. The van der Waals surface area contributed by atoms with Gasteiger partial charge in [0.1, 0.15) is 5.75 Å². The van der Waals surface area contributed by atoms with E-state index in [4.69, 9.17) is 6.85 Å². The van der Waals surface area contributed by atoms with Crippen molar-refractivity contribution < 1.29 is 17.1 Å². The molecular weight excluding hydrogens is 226 g/mol. The largest absolute Gasteiger partial charge is 0.508 e. The monoisotopic (exact) mass is 254 g/mol. The Bertz CT molecular complexity index is 595. The van der Waals surface area contributed by atoms with E-state index in [0.29, 0.717) is 6.42 Å². The van der Waals surface area contributed by atoms with Crippen molar-refractivity contribution in [1.29, 1.82) is 0 Å². The van der Waals surface area contributed by atoms with Crippen LogP contribution in [0.1, 0.15) is 38.1 Å². The van der Waals surface area contributed by atoms with Crippen molar-refractivity contribution in [2.24, 2.45) is 5.89 Å². The van der Waals surface area contributed by atoms with Gasteiger partial charge in [0.15, 0.2) is 0 Å². The van der Waals surface area contributed by atoms with Crippen LogP contribution in [0.25, 0.3) is 0 Å². The SMILES string of the molecule is [2H]C([2H])(N(C)C)[C@]1([2H])CCCC([2H])([2H])[C@@]1(O)c1cccc(O)c1. The standard InChI is InChI=1S/C15H23NO2/c1-16(2)11-13-6-3-4-9-15(13,18)12-7-5-8-14(17)10-12/h5,7-8,10,13,17-18H,3-4,6,9,11H2,1-2H3/t13-,15+/m0/s1/i9D2,11D2,13D. The average Bonchev–Trinajstić information content (AvgIpc) is 2.44. The molecule has 1 aliphatic carbocycles. The van der Waals surface area contributed by atoms with Crippen LogP contribution in [0.5, 0.6) is 5.75 Å². The van der Waals surface area contributed by atoms with Gasteiger partial charge in [0, 0.05) is 19.2 Å². The zero-order chi connectivity index (χ0) is 17.7. The van der Waals surface area contributed by atoms with E-state index < -0.39 is 24.4 Å². The van der Waals surface area contributed by atoms with E-state index in [1.165, 1.54) is 43.3 Å². The molecule has 0 saturated heterocycles. The number of benzene rings is 1. The fourth-order valence-corrected chi connectivity index (χ4v) is 2.24. The summed E-state index contributed by atoms with van der Waals surface area (Å²) in [7, 11) is 2.92. The molecule has 1 fully saturated rings. The maximum atomic E-state index is 11.4. The summed E-state index contributed by atoms with van der Waals surface area (Å²) in [5.41, 5.74) is -2.38. The second-order valence-corrected chi connectivity index (χ2v) is 4.78. The molecule has 0 amide bonds. The van der Waals surface area contributed by atoms with Gasteiger partial charge in [-0.3, -0.25) is 0 Å². The highest BCUT2D eigenvalue weighted by atomic mass is 16.3. The minimum Gasteiger partial charge on any atom is -0.508 e. The number of phenols is 1. The maximum Gasteiger partial charge on any atom is 0.115 e. The molecular formula is C15H23NO2. The zero-order valence-electron chi connectivity index (χ0n) is 15.8. The predicted molar refractivity (Wildman–Crippen MR) is 72.5 cm³/mol. The summed E-state index contributed by atoms with van der Waals surface area (Å²) >= 11 is 0. The highest BCUT2D eigenvalue weighted by Crippen LogP contribution is 2.42. The molecule has 0 unspecified atom stereocenters. The third-order valence-electron chi connectivity index (χ3n) is 3.04. The smallest absolute Gasteiger partial charge is 0.115 e. The lowest BCUT2D eigenvalue weighted by Crippen LogP contribution is -2.43. The van der Waals surface area contributed by atoms with E-state index in [1.54, 1.807) is 0 Å². The van der Waals surface area contributed by atoms with Crippen LogP contribution in [0, 0.1) is 5.89 Å². The number of aliphatic hydroxyl groups is 1. The van der Waals surface area contributed by atoms with Crippen molar-refractivity contribution in [1.82, 2.24) is 4.90 Å². The normalized spacial score (nSPS) is 40.3. The fourth-order valence-electron chi connectivity index (χ4n) is 2.24. The Morgan fingerprint density at radius 3 is 3.00 bits per heavy atom. The van der Waals surface area contributed by atoms with Gasteiger partial charge in [-0.05, 0) is 44.6 Å². The van der Waals surface area contributed by atoms with E-state index in [9.17, 15) is 10.2 Å². The highest BCUT2D eigenvalue weighted by molar-refractivity contribution is 5.32. The van der Waals surface area contributed by atoms with Gasteiger partial charge in [0.2, 0.25) is 0 Å². The van der Waals surface area contributed by atoms with Gasteiger partial charge in [-0.25, -0.2) is 0 Å². The van der Waals surface area contributed by atoms with Gasteiger partial charge in [-0.1, -0.05) is 25.0 Å². The van der Waals surface area contributed by atoms with Crippen LogP contribution in [0.15, 0.2) is 24.3 Å². The number of aromatic hydroxyl groups is 1. The summed E-state index contributed by atoms with van der Waals surface area (Å²) in [6, 6.07) is 5.48. The van der Waals surface area contributed by atoms with Gasteiger partial charge < -0.3 is 15.1 Å². The van der Waals surface area contributed by atoms with Gasteiger partial charge in [0.05, 0.1) is 5.60 Å². The van der Waals surface area contributed by atoms with Crippen molar-refractivity contribution >= 4 is 0 Å². The average molecular weight is 254 g/mol. The molecule has 2 N–H and O–H groups in total. The lowest BCUT2D eigenvalue weighted by Gasteiger charge is -2.41. The molecule has 1 saturated carbocycles. The van der Waals surface area contributed by atoms with Crippen LogP contribution in [0.4, 0.5) is 0 Å². The van der Waals surface area contributed by atoms with Crippen molar-refractivity contribution in [3.8, 4) is 5.75 Å². The van der Waals surface area contributed by atoms with Crippen LogP contribution in [0.3, 0.4) is 0 Å². The molecule has 3 heteroatoms. The molecule has 0 radical (unpaired) electrons. The van der Waals surface area contributed by atoms with Gasteiger partial charge in [-0.2, -0.15) is 0 Å². The van der Waals surface area contributed by atoms with Crippen molar-refractivity contribution in [3.63, 3.8) is 0 Å². The number of nitrogens with zero attached hydrogens (tertiary/aromatic N) is 1. The molecule has 0 bridgehead atoms. The van der Waals surface area contributed by atoms with Gasteiger partial charge in [-0.15, -0.1) is 0 Å². The number of hydrogen-bond donors (Lipinski definition) is 2. The lowest BCUT2D eigenvalue weighted by molar-refractivity contribution is -0.0619. The maximum absolute atomic E-state index is 11.4. The van der Waals surface area contributed by atoms with Crippen LogP contribution in [-0.4, -0.2) is 35.7 Å². The van der Waals surface area contributed by atoms with Crippen molar-refractivity contribution in [2.75, 3.05) is 20.6 Å². The molecule has 2 atom stereocenters. The predicted octanol–water partition coefficient (Wildman–Crippen LogP) is 2.33. The van der Waals surface area contributed by atoms with Crippen LogP contribution < -0.4 is 0 Å². The molecule has 18 heavy (non-hydrogen) atoms. The summed E-state index contributed by atoms with van der Waals surface area (Å²) in [4.78, 5) is 1.19. The van der Waals surface area contributed by atoms with Gasteiger partial charge in [0.25, 0.3) is 0 Å². The molecule has 0 spiro atoms. The molecule has 1 aliphatic rings. The Labute approximate surface area is 116 Å². The quantitative estimate of drug-likeness (QED) is 0.870. The zero-order valence-corrected chi connectivity index (χ0v) is 10.8. The summed E-state index contributed by atoms with van der Waals surface area (Å²) in [6.07, 6.45) is -1.89. The van der Waals surface area contributed by atoms with E-state index in [2.05, 4.69) is 0 Å². The minimum atomic E-state index is -2.40. The summed E-state index contributed by atoms with van der Waals surface area (Å²) in [5.74, 6) is -2.30. The number of phenolic OH excluding ortho intramolecular Hbond substituents is 1. The lowest BCUT2D eigenvalue weighted by atomic mass is 9.71. The summed E-state index contributed by atoms with van der Waals surface area (Å²) in [6.45, 7) is -2.28. The first-order valence-electron chi connectivity index (χ1n) is 8.59. The van der Waals surface area contributed by atoms with Crippen LogP contribution in [-0.2, 0) is 5.60 Å². The van der Waals surface area contributed by atoms with Crippen molar-refractivity contribution in [2.45, 2.75) is 31.2 Å².